The average Bonchev–Trinajstić information content (AvgIpc) is 2.68. The van der Waals surface area contributed by atoms with E-state index in [-0.39, 0.29) is 0 Å². The van der Waals surface area contributed by atoms with Gasteiger partial charge < -0.3 is 20.1 Å². The Morgan fingerprint density at radius 1 is 1.04 bits per heavy atom. The van der Waals surface area contributed by atoms with E-state index in [1.54, 1.807) is 21.3 Å². The molecule has 0 heterocycles. The molecule has 140 valence electrons. The predicted octanol–water partition coefficient (Wildman–Crippen LogP) is 3.66. The van der Waals surface area contributed by atoms with Crippen LogP contribution in [0.3, 0.4) is 0 Å². The minimum absolute atomic E-state index is 0.634. The monoisotopic (exact) mass is 375 g/mol. The van der Waals surface area contributed by atoms with Crippen LogP contribution in [0.15, 0.2) is 47.5 Å². The molecular weight excluding hydrogens is 350 g/mol. The summed E-state index contributed by atoms with van der Waals surface area (Å²) in [6, 6.07) is 13.8. The summed E-state index contributed by atoms with van der Waals surface area (Å²) in [4.78, 5) is 4.24. The summed E-state index contributed by atoms with van der Waals surface area (Å²) in [6.45, 7) is 1.45. The van der Waals surface area contributed by atoms with Crippen molar-refractivity contribution in [1.82, 2.24) is 10.6 Å². The zero-order valence-electron chi connectivity index (χ0n) is 15.5. The van der Waals surface area contributed by atoms with E-state index in [1.807, 2.05) is 36.4 Å². The molecule has 6 heteroatoms. The molecule has 0 aliphatic carbocycles. The van der Waals surface area contributed by atoms with E-state index in [2.05, 4.69) is 21.7 Å². The molecule has 2 rings (SSSR count). The van der Waals surface area contributed by atoms with Crippen LogP contribution in [0, 0.1) is 0 Å². The fourth-order valence-electron chi connectivity index (χ4n) is 2.58. The molecule has 0 spiro atoms. The van der Waals surface area contributed by atoms with Gasteiger partial charge in [0, 0.05) is 25.2 Å². The van der Waals surface area contributed by atoms with Gasteiger partial charge in [-0.1, -0.05) is 35.9 Å². The molecule has 0 aliphatic rings. The highest BCUT2D eigenvalue weighted by Gasteiger charge is 2.05. The first kappa shape index (κ1) is 19.9. The Labute approximate surface area is 160 Å². The first-order valence-electron chi connectivity index (χ1n) is 8.56. The number of benzene rings is 2. The number of hydrogen-bond acceptors (Lipinski definition) is 3. The number of aliphatic imine (C=N–C) groups is 1. The number of nitrogens with one attached hydrogen (secondary N) is 2. The zero-order chi connectivity index (χ0) is 18.8. The van der Waals surface area contributed by atoms with Gasteiger partial charge in [-0.2, -0.15) is 0 Å². The molecule has 2 N–H and O–H groups in total. The Balaban J connectivity index is 1.76. The summed E-state index contributed by atoms with van der Waals surface area (Å²) in [7, 11) is 5.05. The Morgan fingerprint density at radius 3 is 2.50 bits per heavy atom. The lowest BCUT2D eigenvalue weighted by atomic mass is 10.1. The van der Waals surface area contributed by atoms with Crippen LogP contribution in [-0.2, 0) is 13.0 Å². The first-order valence-corrected chi connectivity index (χ1v) is 8.94. The van der Waals surface area contributed by atoms with Gasteiger partial charge in [0.05, 0.1) is 14.2 Å². The van der Waals surface area contributed by atoms with Crippen molar-refractivity contribution < 1.29 is 9.47 Å². The van der Waals surface area contributed by atoms with Crippen LogP contribution in [0.4, 0.5) is 0 Å². The summed E-state index contributed by atoms with van der Waals surface area (Å²) < 4.78 is 10.6. The molecule has 2 aromatic carbocycles. The number of halogens is 1. The highest BCUT2D eigenvalue weighted by Crippen LogP contribution is 2.27. The van der Waals surface area contributed by atoms with Crippen molar-refractivity contribution in [2.75, 3.05) is 27.8 Å². The molecule has 0 atom stereocenters. The van der Waals surface area contributed by atoms with Gasteiger partial charge in [0.15, 0.2) is 17.5 Å². The van der Waals surface area contributed by atoms with Gasteiger partial charge in [-0.25, -0.2) is 0 Å². The number of hydrogen-bond donors (Lipinski definition) is 2. The van der Waals surface area contributed by atoms with Crippen molar-refractivity contribution in [3.8, 4) is 11.5 Å². The Bertz CT molecular complexity index is 735. The van der Waals surface area contributed by atoms with Crippen LogP contribution in [-0.4, -0.2) is 33.8 Å². The summed E-state index contributed by atoms with van der Waals surface area (Å²) in [5, 5.41) is 7.35. The SMILES string of the molecule is CN=C(NCCCc1ccc(OC)c(OC)c1)NCc1ccccc1Cl. The molecule has 0 saturated heterocycles. The zero-order valence-corrected chi connectivity index (χ0v) is 16.3. The highest BCUT2D eigenvalue weighted by molar-refractivity contribution is 6.31. The van der Waals surface area contributed by atoms with Gasteiger partial charge in [0.2, 0.25) is 0 Å². The van der Waals surface area contributed by atoms with E-state index in [4.69, 9.17) is 21.1 Å². The van der Waals surface area contributed by atoms with Gasteiger partial charge >= 0.3 is 0 Å². The van der Waals surface area contributed by atoms with E-state index < -0.39 is 0 Å². The maximum absolute atomic E-state index is 6.17. The number of rotatable bonds is 8. The van der Waals surface area contributed by atoms with Gasteiger partial charge in [-0.15, -0.1) is 0 Å². The highest BCUT2D eigenvalue weighted by atomic mass is 35.5. The van der Waals surface area contributed by atoms with E-state index >= 15 is 0 Å². The van der Waals surface area contributed by atoms with Crippen LogP contribution in [0.2, 0.25) is 5.02 Å². The molecule has 0 fully saturated rings. The Kier molecular flexibility index (Phi) is 8.09. The van der Waals surface area contributed by atoms with Crippen molar-refractivity contribution in [2.45, 2.75) is 19.4 Å². The summed E-state index contributed by atoms with van der Waals surface area (Å²) in [6.07, 6.45) is 1.91. The van der Waals surface area contributed by atoms with Crippen molar-refractivity contribution in [3.05, 3.63) is 58.6 Å². The predicted molar refractivity (Wildman–Crippen MR) is 108 cm³/mol. The Hall–Kier alpha value is -2.40. The maximum Gasteiger partial charge on any atom is 0.191 e. The smallest absolute Gasteiger partial charge is 0.191 e. The third-order valence-corrected chi connectivity index (χ3v) is 4.38. The van der Waals surface area contributed by atoms with Crippen LogP contribution in [0.1, 0.15) is 17.5 Å². The second-order valence-electron chi connectivity index (χ2n) is 5.74. The third kappa shape index (κ3) is 5.85. The molecule has 0 bridgehead atoms. The molecule has 0 unspecified atom stereocenters. The minimum atomic E-state index is 0.634. The van der Waals surface area contributed by atoms with E-state index in [0.29, 0.717) is 6.54 Å². The largest absolute Gasteiger partial charge is 0.493 e. The van der Waals surface area contributed by atoms with Crippen LogP contribution >= 0.6 is 11.6 Å². The number of methoxy groups -OCH3 is 2. The molecule has 2 aromatic rings. The third-order valence-electron chi connectivity index (χ3n) is 4.01. The summed E-state index contributed by atoms with van der Waals surface area (Å²) >= 11 is 6.17. The van der Waals surface area contributed by atoms with Crippen molar-refractivity contribution in [2.24, 2.45) is 4.99 Å². The fourth-order valence-corrected chi connectivity index (χ4v) is 2.78. The lowest BCUT2D eigenvalue weighted by molar-refractivity contribution is 0.354. The number of guanidine groups is 1. The van der Waals surface area contributed by atoms with Crippen LogP contribution < -0.4 is 20.1 Å². The minimum Gasteiger partial charge on any atom is -0.493 e. The van der Waals surface area contributed by atoms with E-state index in [1.165, 1.54) is 5.56 Å². The molecule has 0 amide bonds. The van der Waals surface area contributed by atoms with Gasteiger partial charge in [0.1, 0.15) is 0 Å². The fraction of sp³-hybridized carbons (Fsp3) is 0.350. The first-order chi connectivity index (χ1) is 12.7. The Morgan fingerprint density at radius 2 is 1.81 bits per heavy atom. The lowest BCUT2D eigenvalue weighted by Crippen LogP contribution is -2.37. The number of ether oxygens (including phenoxy) is 2. The summed E-state index contributed by atoms with van der Waals surface area (Å²) in [5.41, 5.74) is 2.26. The summed E-state index contributed by atoms with van der Waals surface area (Å²) in [5.74, 6) is 2.27. The normalized spacial score (nSPS) is 11.2. The molecule has 0 radical (unpaired) electrons. The van der Waals surface area contributed by atoms with Gasteiger partial charge in [-0.05, 0) is 42.2 Å². The number of aryl methyl sites for hydroxylation is 1. The number of nitrogens with zero attached hydrogens (tertiary/aromatic N) is 1. The molecule has 5 nitrogen and oxygen atoms in total. The van der Waals surface area contributed by atoms with Crippen LogP contribution in [0.25, 0.3) is 0 Å². The van der Waals surface area contributed by atoms with Crippen molar-refractivity contribution in [3.63, 3.8) is 0 Å². The molecule has 26 heavy (non-hydrogen) atoms. The second-order valence-corrected chi connectivity index (χ2v) is 6.14. The standard InChI is InChI=1S/C20H26ClN3O2/c1-22-20(24-14-16-8-4-5-9-17(16)21)23-12-6-7-15-10-11-18(25-2)19(13-15)26-3/h4-5,8-11,13H,6-7,12,14H2,1-3H3,(H2,22,23,24). The van der Waals surface area contributed by atoms with Crippen molar-refractivity contribution >= 4 is 17.6 Å². The van der Waals surface area contributed by atoms with Gasteiger partial charge in [-0.3, -0.25) is 4.99 Å². The van der Waals surface area contributed by atoms with E-state index in [9.17, 15) is 0 Å². The molecule has 0 saturated carbocycles. The topological polar surface area (TPSA) is 54.9 Å². The van der Waals surface area contributed by atoms with E-state index in [0.717, 1.165) is 47.4 Å². The van der Waals surface area contributed by atoms with Gasteiger partial charge in [0.25, 0.3) is 0 Å². The molecule has 0 aliphatic heterocycles. The second kappa shape index (κ2) is 10.6. The maximum atomic E-state index is 6.17. The van der Waals surface area contributed by atoms with Crippen molar-refractivity contribution in [1.29, 1.82) is 0 Å². The lowest BCUT2D eigenvalue weighted by Gasteiger charge is -2.13. The average molecular weight is 376 g/mol. The van der Waals surface area contributed by atoms with Crippen LogP contribution in [0.5, 0.6) is 11.5 Å². The molecule has 0 aromatic heterocycles. The quantitative estimate of drug-likeness (QED) is 0.420. The molecular formula is C20H26ClN3O2.